The average Bonchev–Trinajstić information content (AvgIpc) is 2.53. The minimum Gasteiger partial charge on any atom is -0.437 e. The first-order valence-electron chi connectivity index (χ1n) is 3.70. The molecule has 3 heteroatoms. The highest BCUT2D eigenvalue weighted by Gasteiger charge is 2.12. The van der Waals surface area contributed by atoms with Gasteiger partial charge in [-0.1, -0.05) is 6.08 Å². The molecule has 1 unspecified atom stereocenters. The third-order valence-corrected chi connectivity index (χ3v) is 1.74. The summed E-state index contributed by atoms with van der Waals surface area (Å²) in [5.74, 6) is 0.258. The molecule has 0 spiro atoms. The van der Waals surface area contributed by atoms with E-state index in [-0.39, 0.29) is 5.92 Å². The number of hydrogen-bond donors (Lipinski definition) is 0. The summed E-state index contributed by atoms with van der Waals surface area (Å²) in [6, 6.07) is 0. The summed E-state index contributed by atoms with van der Waals surface area (Å²) in [5.41, 5.74) is 0.802. The smallest absolute Gasteiger partial charge is 0.297 e. The SMILES string of the molecule is [C-]#[N+]C1=CC(/C=C/OC=O)CC1. The summed E-state index contributed by atoms with van der Waals surface area (Å²) in [6.45, 7) is 7.13. The predicted octanol–water partition coefficient (Wildman–Crippen LogP) is 1.89. The Morgan fingerprint density at radius 2 is 2.58 bits per heavy atom. The molecule has 1 atom stereocenters. The van der Waals surface area contributed by atoms with E-state index >= 15 is 0 Å². The van der Waals surface area contributed by atoms with E-state index in [2.05, 4.69) is 9.58 Å². The maximum absolute atomic E-state index is 9.76. The molecule has 0 aliphatic heterocycles. The third-order valence-electron chi connectivity index (χ3n) is 1.74. The van der Waals surface area contributed by atoms with E-state index < -0.39 is 0 Å². The molecule has 1 rings (SSSR count). The van der Waals surface area contributed by atoms with Crippen LogP contribution in [0, 0.1) is 12.5 Å². The topological polar surface area (TPSA) is 30.7 Å². The van der Waals surface area contributed by atoms with Gasteiger partial charge in [0, 0.05) is 0 Å². The molecule has 0 bridgehead atoms. The van der Waals surface area contributed by atoms with Gasteiger partial charge in [-0.25, -0.2) is 4.85 Å². The molecule has 0 radical (unpaired) electrons. The predicted molar refractivity (Wildman–Crippen MR) is 43.7 cm³/mol. The largest absolute Gasteiger partial charge is 0.437 e. The summed E-state index contributed by atoms with van der Waals surface area (Å²) >= 11 is 0. The molecule has 0 amide bonds. The quantitative estimate of drug-likeness (QED) is 0.361. The Balaban J connectivity index is 2.42. The zero-order valence-electron chi connectivity index (χ0n) is 6.56. The van der Waals surface area contributed by atoms with Crippen molar-refractivity contribution in [3.05, 3.63) is 35.5 Å². The maximum Gasteiger partial charge on any atom is 0.297 e. The van der Waals surface area contributed by atoms with Gasteiger partial charge in [0.05, 0.1) is 12.8 Å². The van der Waals surface area contributed by atoms with Crippen LogP contribution in [-0.2, 0) is 9.53 Å². The van der Waals surface area contributed by atoms with Gasteiger partial charge in [-0.15, -0.1) is 0 Å². The minimum absolute atomic E-state index is 0.258. The van der Waals surface area contributed by atoms with Crippen LogP contribution >= 0.6 is 0 Å². The second-order valence-electron chi connectivity index (χ2n) is 2.53. The molecule has 1 aliphatic rings. The molecule has 0 aromatic rings. The van der Waals surface area contributed by atoms with Gasteiger partial charge in [0.15, 0.2) is 5.70 Å². The lowest BCUT2D eigenvalue weighted by molar-refractivity contribution is -0.123. The van der Waals surface area contributed by atoms with Crippen LogP contribution in [0.5, 0.6) is 0 Å². The minimum atomic E-state index is 0.258. The van der Waals surface area contributed by atoms with Crippen molar-refractivity contribution in [2.75, 3.05) is 0 Å². The zero-order valence-corrected chi connectivity index (χ0v) is 6.56. The molecule has 62 valence electrons. The van der Waals surface area contributed by atoms with Gasteiger partial charge < -0.3 is 4.74 Å². The molecule has 1 aliphatic carbocycles. The molecule has 0 aromatic heterocycles. The van der Waals surface area contributed by atoms with E-state index in [1.54, 1.807) is 6.08 Å². The molecule has 0 fully saturated rings. The zero-order chi connectivity index (χ0) is 8.81. The first-order valence-corrected chi connectivity index (χ1v) is 3.70. The molecule has 0 saturated carbocycles. The fourth-order valence-corrected chi connectivity index (χ4v) is 1.15. The van der Waals surface area contributed by atoms with E-state index in [0.717, 1.165) is 18.5 Å². The highest BCUT2D eigenvalue weighted by molar-refractivity contribution is 5.38. The van der Waals surface area contributed by atoms with Crippen LogP contribution in [0.3, 0.4) is 0 Å². The number of carbonyl (C=O) groups is 1. The molecular weight excluding hydrogens is 154 g/mol. The van der Waals surface area contributed by atoms with Crippen molar-refractivity contribution < 1.29 is 9.53 Å². The number of hydrogen-bond acceptors (Lipinski definition) is 2. The van der Waals surface area contributed by atoms with E-state index in [4.69, 9.17) is 6.57 Å². The van der Waals surface area contributed by atoms with Gasteiger partial charge >= 0.3 is 0 Å². The Bertz CT molecular complexity index is 260. The first-order chi connectivity index (χ1) is 5.86. The molecule has 3 nitrogen and oxygen atoms in total. The van der Waals surface area contributed by atoms with Gasteiger partial charge in [-0.3, -0.25) is 4.79 Å². The molecule has 0 heterocycles. The van der Waals surface area contributed by atoms with Crippen LogP contribution in [-0.4, -0.2) is 6.47 Å². The highest BCUT2D eigenvalue weighted by atomic mass is 16.5. The monoisotopic (exact) mass is 163 g/mol. The molecule has 12 heavy (non-hydrogen) atoms. The van der Waals surface area contributed by atoms with Crippen LogP contribution in [0.25, 0.3) is 4.85 Å². The lowest BCUT2D eigenvalue weighted by atomic mass is 10.1. The van der Waals surface area contributed by atoms with Crippen molar-refractivity contribution in [2.45, 2.75) is 12.8 Å². The van der Waals surface area contributed by atoms with Crippen molar-refractivity contribution in [1.82, 2.24) is 0 Å². The Morgan fingerprint density at radius 1 is 1.75 bits per heavy atom. The van der Waals surface area contributed by atoms with Crippen molar-refractivity contribution in [1.29, 1.82) is 0 Å². The summed E-state index contributed by atoms with van der Waals surface area (Å²) < 4.78 is 4.40. The Hall–Kier alpha value is -1.56. The molecular formula is C9H9NO2. The Kier molecular flexibility index (Phi) is 3.09. The second kappa shape index (κ2) is 4.35. The van der Waals surface area contributed by atoms with Gasteiger partial charge in [0.1, 0.15) is 0 Å². The first kappa shape index (κ1) is 8.54. The van der Waals surface area contributed by atoms with Gasteiger partial charge in [-0.2, -0.15) is 0 Å². The van der Waals surface area contributed by atoms with Crippen LogP contribution in [0.2, 0.25) is 0 Å². The highest BCUT2D eigenvalue weighted by Crippen LogP contribution is 2.25. The standard InChI is InChI=1S/C9H9NO2/c1-10-9-3-2-8(6-9)4-5-12-7-11/h4-8H,2-3H2/b5-4+. The van der Waals surface area contributed by atoms with Crippen molar-refractivity contribution in [2.24, 2.45) is 5.92 Å². The Morgan fingerprint density at radius 3 is 3.17 bits per heavy atom. The molecule has 0 saturated heterocycles. The van der Waals surface area contributed by atoms with Crippen LogP contribution in [0.15, 0.2) is 24.1 Å². The van der Waals surface area contributed by atoms with E-state index in [0.29, 0.717) is 6.47 Å². The van der Waals surface area contributed by atoms with E-state index in [1.807, 2.05) is 6.08 Å². The third kappa shape index (κ3) is 2.24. The summed E-state index contributed by atoms with van der Waals surface area (Å²) in [7, 11) is 0. The lowest BCUT2D eigenvalue weighted by Gasteiger charge is -1.96. The number of rotatable bonds is 3. The fraction of sp³-hybridized carbons (Fsp3) is 0.333. The molecule has 0 aromatic carbocycles. The van der Waals surface area contributed by atoms with Crippen LogP contribution < -0.4 is 0 Å². The second-order valence-corrected chi connectivity index (χ2v) is 2.53. The van der Waals surface area contributed by atoms with E-state index in [1.165, 1.54) is 6.26 Å². The maximum atomic E-state index is 9.76. The normalized spacial score (nSPS) is 21.9. The van der Waals surface area contributed by atoms with Crippen molar-refractivity contribution in [3.8, 4) is 0 Å². The van der Waals surface area contributed by atoms with Gasteiger partial charge in [0.2, 0.25) is 0 Å². The van der Waals surface area contributed by atoms with Crippen LogP contribution in [0.4, 0.5) is 0 Å². The number of nitrogens with zero attached hydrogens (tertiary/aromatic N) is 1. The summed E-state index contributed by atoms with van der Waals surface area (Å²) in [6.07, 6.45) is 6.82. The Labute approximate surface area is 71.2 Å². The van der Waals surface area contributed by atoms with Gasteiger partial charge in [0.25, 0.3) is 6.47 Å². The van der Waals surface area contributed by atoms with Gasteiger partial charge in [-0.05, 0) is 24.8 Å². The summed E-state index contributed by atoms with van der Waals surface area (Å²) in [4.78, 5) is 13.1. The van der Waals surface area contributed by atoms with E-state index in [9.17, 15) is 4.79 Å². The van der Waals surface area contributed by atoms with Crippen molar-refractivity contribution in [3.63, 3.8) is 0 Å². The number of ether oxygens (including phenoxy) is 1. The fourth-order valence-electron chi connectivity index (χ4n) is 1.15. The number of allylic oxidation sites excluding steroid dienone is 3. The van der Waals surface area contributed by atoms with Crippen molar-refractivity contribution >= 4 is 6.47 Å². The summed E-state index contributed by atoms with van der Waals surface area (Å²) in [5, 5.41) is 0. The molecule has 0 N–H and O–H groups in total. The van der Waals surface area contributed by atoms with Crippen LogP contribution in [0.1, 0.15) is 12.8 Å². The average molecular weight is 163 g/mol. The lowest BCUT2D eigenvalue weighted by Crippen LogP contribution is -1.84. The number of carbonyl (C=O) groups excluding carboxylic acids is 1.